The van der Waals surface area contributed by atoms with E-state index in [4.69, 9.17) is 4.42 Å². The van der Waals surface area contributed by atoms with E-state index in [-0.39, 0.29) is 24.3 Å². The van der Waals surface area contributed by atoms with Crippen LogP contribution in [0.15, 0.2) is 28.7 Å². The van der Waals surface area contributed by atoms with Crippen molar-refractivity contribution in [1.82, 2.24) is 9.88 Å². The second kappa shape index (κ2) is 6.18. The van der Waals surface area contributed by atoms with Gasteiger partial charge < -0.3 is 14.4 Å². The molecule has 1 N–H and O–H groups in total. The minimum absolute atomic E-state index is 0.0129. The monoisotopic (exact) mass is 354 g/mol. The van der Waals surface area contributed by atoms with Gasteiger partial charge in [-0.05, 0) is 25.0 Å². The molecule has 0 unspecified atom stereocenters. The summed E-state index contributed by atoms with van der Waals surface area (Å²) in [5, 5.41) is 9.97. The summed E-state index contributed by atoms with van der Waals surface area (Å²) in [6.45, 7) is 3.11. The van der Waals surface area contributed by atoms with Gasteiger partial charge in [0.1, 0.15) is 0 Å². The van der Waals surface area contributed by atoms with Gasteiger partial charge in [-0.1, -0.05) is 18.2 Å². The highest BCUT2D eigenvalue weighted by Gasteiger charge is 2.42. The third kappa shape index (κ3) is 3.26. The van der Waals surface area contributed by atoms with Crippen molar-refractivity contribution in [3.63, 3.8) is 0 Å². The number of benzene rings is 1. The number of halogens is 3. The molecule has 2 atom stereocenters. The first-order valence-electron chi connectivity index (χ1n) is 7.77. The zero-order valence-corrected chi connectivity index (χ0v) is 13.7. The Labute approximate surface area is 142 Å². The number of β-amino-alcohol motifs (C(OH)–C–C–N with tert-alkyl or cyclic N) is 1. The lowest BCUT2D eigenvalue weighted by Gasteiger charge is -2.26. The molecule has 2 heterocycles. The molecular formula is C17H17F3N2O3. The number of nitrogens with zero attached hydrogens (tertiary/aromatic N) is 2. The van der Waals surface area contributed by atoms with Gasteiger partial charge in [0.05, 0.1) is 23.4 Å². The normalized spacial score (nSPS) is 21.0. The van der Waals surface area contributed by atoms with Gasteiger partial charge in [-0.15, -0.1) is 0 Å². The van der Waals surface area contributed by atoms with Crippen LogP contribution in [0.5, 0.6) is 0 Å². The van der Waals surface area contributed by atoms with Gasteiger partial charge in [-0.25, -0.2) is 4.98 Å². The van der Waals surface area contributed by atoms with E-state index in [0.717, 1.165) is 6.07 Å². The molecule has 8 heteroatoms. The van der Waals surface area contributed by atoms with Crippen molar-refractivity contribution >= 4 is 5.91 Å². The number of rotatable bonds is 2. The van der Waals surface area contributed by atoms with Gasteiger partial charge in [0, 0.05) is 13.5 Å². The first-order chi connectivity index (χ1) is 11.7. The van der Waals surface area contributed by atoms with Crippen molar-refractivity contribution in [1.29, 1.82) is 0 Å². The molecule has 0 bridgehead atoms. The first kappa shape index (κ1) is 17.5. The third-order valence-electron chi connectivity index (χ3n) is 4.26. The number of likely N-dealkylation sites (tertiary alicyclic amines) is 1. The van der Waals surface area contributed by atoms with Crippen LogP contribution in [0.3, 0.4) is 0 Å². The number of aryl methyl sites for hydroxylation is 2. The lowest BCUT2D eigenvalue weighted by molar-refractivity contribution is -0.138. The van der Waals surface area contributed by atoms with Crippen LogP contribution in [0.25, 0.3) is 0 Å². The summed E-state index contributed by atoms with van der Waals surface area (Å²) in [4.78, 5) is 18.0. The summed E-state index contributed by atoms with van der Waals surface area (Å²) in [7, 11) is 0. The predicted octanol–water partition coefficient (Wildman–Crippen LogP) is 3.26. The van der Waals surface area contributed by atoms with Crippen LogP contribution in [-0.4, -0.2) is 33.5 Å². The van der Waals surface area contributed by atoms with Crippen molar-refractivity contribution < 1.29 is 27.5 Å². The number of amides is 1. The Morgan fingerprint density at radius 2 is 2.00 bits per heavy atom. The SMILES string of the molecule is Cc1nc(C)c(C(=O)N2C[C@@H](O)C[C@H]2c2ccccc2C(F)(F)F)o1. The lowest BCUT2D eigenvalue weighted by atomic mass is 9.97. The van der Waals surface area contributed by atoms with Gasteiger partial charge >= 0.3 is 6.18 Å². The molecule has 0 aliphatic carbocycles. The molecule has 1 aromatic carbocycles. The molecule has 1 aromatic heterocycles. The minimum atomic E-state index is -4.54. The molecule has 1 aliphatic rings. The zero-order valence-electron chi connectivity index (χ0n) is 13.7. The molecule has 1 amide bonds. The Balaban J connectivity index is 2.01. The lowest BCUT2D eigenvalue weighted by Crippen LogP contribution is -2.32. The summed E-state index contributed by atoms with van der Waals surface area (Å²) in [6, 6.07) is 4.22. The van der Waals surface area contributed by atoms with Crippen molar-refractivity contribution in [2.75, 3.05) is 6.54 Å². The molecule has 3 rings (SSSR count). The Morgan fingerprint density at radius 1 is 1.32 bits per heavy atom. The topological polar surface area (TPSA) is 66.6 Å². The van der Waals surface area contributed by atoms with Gasteiger partial charge in [-0.3, -0.25) is 4.79 Å². The molecule has 25 heavy (non-hydrogen) atoms. The predicted molar refractivity (Wildman–Crippen MR) is 81.8 cm³/mol. The van der Waals surface area contributed by atoms with E-state index in [9.17, 15) is 23.1 Å². The van der Waals surface area contributed by atoms with Crippen LogP contribution >= 0.6 is 0 Å². The van der Waals surface area contributed by atoms with Crippen LogP contribution in [-0.2, 0) is 6.18 Å². The quantitative estimate of drug-likeness (QED) is 0.899. The molecule has 1 fully saturated rings. The maximum absolute atomic E-state index is 13.3. The summed E-state index contributed by atoms with van der Waals surface area (Å²) in [5.74, 6) is -0.287. The number of alkyl halides is 3. The number of aromatic nitrogens is 1. The van der Waals surface area contributed by atoms with E-state index in [0.29, 0.717) is 11.6 Å². The number of hydrogen-bond donors (Lipinski definition) is 1. The van der Waals surface area contributed by atoms with E-state index in [1.807, 2.05) is 0 Å². The summed E-state index contributed by atoms with van der Waals surface area (Å²) < 4.78 is 45.3. The Kier molecular flexibility index (Phi) is 4.32. The van der Waals surface area contributed by atoms with Crippen LogP contribution in [0.2, 0.25) is 0 Å². The summed E-state index contributed by atoms with van der Waals surface area (Å²) in [5.41, 5.74) is -0.474. The Bertz CT molecular complexity index is 801. The maximum atomic E-state index is 13.3. The van der Waals surface area contributed by atoms with Gasteiger partial charge in [0.25, 0.3) is 5.91 Å². The molecule has 5 nitrogen and oxygen atoms in total. The molecule has 134 valence electrons. The smallest absolute Gasteiger partial charge is 0.416 e. The van der Waals surface area contributed by atoms with E-state index >= 15 is 0 Å². The molecule has 0 spiro atoms. The fourth-order valence-electron chi connectivity index (χ4n) is 3.24. The fraction of sp³-hybridized carbons (Fsp3) is 0.412. The van der Waals surface area contributed by atoms with Crippen molar-refractivity contribution in [3.8, 4) is 0 Å². The highest BCUT2D eigenvalue weighted by atomic mass is 19.4. The first-order valence-corrected chi connectivity index (χ1v) is 7.77. The van der Waals surface area contributed by atoms with Gasteiger partial charge in [0.2, 0.25) is 5.76 Å². The molecule has 2 aromatic rings. The van der Waals surface area contributed by atoms with Crippen molar-refractivity contribution in [2.24, 2.45) is 0 Å². The highest BCUT2D eigenvalue weighted by molar-refractivity contribution is 5.93. The average Bonchev–Trinajstić information content (AvgIpc) is 3.08. The second-order valence-corrected chi connectivity index (χ2v) is 6.10. The molecule has 0 radical (unpaired) electrons. The Morgan fingerprint density at radius 3 is 2.60 bits per heavy atom. The highest BCUT2D eigenvalue weighted by Crippen LogP contribution is 2.41. The largest absolute Gasteiger partial charge is 0.436 e. The minimum Gasteiger partial charge on any atom is -0.436 e. The summed E-state index contributed by atoms with van der Waals surface area (Å²) in [6.07, 6.45) is -5.41. The number of aliphatic hydroxyl groups excluding tert-OH is 1. The van der Waals surface area contributed by atoms with Crippen LogP contribution in [0, 0.1) is 13.8 Å². The van der Waals surface area contributed by atoms with E-state index < -0.39 is 29.8 Å². The van der Waals surface area contributed by atoms with Crippen LogP contribution < -0.4 is 0 Å². The van der Waals surface area contributed by atoms with Gasteiger partial charge in [-0.2, -0.15) is 13.2 Å². The summed E-state index contributed by atoms with van der Waals surface area (Å²) >= 11 is 0. The number of aliphatic hydroxyl groups is 1. The van der Waals surface area contributed by atoms with Gasteiger partial charge in [0.15, 0.2) is 5.89 Å². The fourth-order valence-corrected chi connectivity index (χ4v) is 3.24. The average molecular weight is 354 g/mol. The standard InChI is InChI=1S/C17H17F3N2O3/c1-9-15(25-10(2)21-9)16(24)22-8-11(23)7-14(22)12-5-3-4-6-13(12)17(18,19)20/h3-6,11,14,23H,7-8H2,1-2H3/t11-,14-/m0/s1. The third-order valence-corrected chi connectivity index (χ3v) is 4.26. The molecule has 1 saturated heterocycles. The number of hydrogen-bond acceptors (Lipinski definition) is 4. The number of carbonyl (C=O) groups is 1. The van der Waals surface area contributed by atoms with E-state index in [2.05, 4.69) is 4.98 Å². The molecule has 0 saturated carbocycles. The van der Waals surface area contributed by atoms with Crippen LogP contribution in [0.4, 0.5) is 13.2 Å². The zero-order chi connectivity index (χ0) is 18.4. The Hall–Kier alpha value is -2.35. The van der Waals surface area contributed by atoms with Crippen molar-refractivity contribution in [2.45, 2.75) is 38.6 Å². The van der Waals surface area contributed by atoms with E-state index in [1.54, 1.807) is 13.8 Å². The number of carbonyl (C=O) groups excluding carboxylic acids is 1. The molecular weight excluding hydrogens is 337 g/mol. The van der Waals surface area contributed by atoms with Crippen LogP contribution in [0.1, 0.15) is 45.7 Å². The second-order valence-electron chi connectivity index (χ2n) is 6.10. The van der Waals surface area contributed by atoms with Crippen molar-refractivity contribution in [3.05, 3.63) is 52.7 Å². The molecule has 1 aliphatic heterocycles. The maximum Gasteiger partial charge on any atom is 0.416 e. The van der Waals surface area contributed by atoms with E-state index in [1.165, 1.54) is 23.1 Å². The number of oxazole rings is 1.